The Kier molecular flexibility index (Phi) is 5.25. The maximum Gasteiger partial charge on any atom is 0.277 e. The van der Waals surface area contributed by atoms with Gasteiger partial charge >= 0.3 is 0 Å². The van der Waals surface area contributed by atoms with Gasteiger partial charge in [-0.1, -0.05) is 53.5 Å². The molecular weight excluding hydrogens is 489 g/mol. The van der Waals surface area contributed by atoms with E-state index in [1.807, 2.05) is 47.8 Å². The number of benzene rings is 2. The predicted octanol–water partition coefficient (Wildman–Crippen LogP) is 6.49. The summed E-state index contributed by atoms with van der Waals surface area (Å²) in [5.41, 5.74) is 3.12. The molecule has 1 aliphatic carbocycles. The number of ketones is 1. The lowest BCUT2D eigenvalue weighted by Crippen LogP contribution is -2.32. The van der Waals surface area contributed by atoms with E-state index in [0.29, 0.717) is 51.1 Å². The fourth-order valence-electron chi connectivity index (χ4n) is 5.02. The summed E-state index contributed by atoms with van der Waals surface area (Å²) in [4.78, 5) is 28.5. The van der Waals surface area contributed by atoms with Gasteiger partial charge in [-0.25, -0.2) is 4.68 Å². The molecule has 0 saturated carbocycles. The van der Waals surface area contributed by atoms with Crippen molar-refractivity contribution in [1.82, 2.24) is 9.78 Å². The van der Waals surface area contributed by atoms with Crippen LogP contribution in [0, 0.1) is 0 Å². The lowest BCUT2D eigenvalue weighted by atomic mass is 9.74. The monoisotopic (exact) mass is 507 g/mol. The van der Waals surface area contributed by atoms with Gasteiger partial charge in [-0.15, -0.1) is 11.3 Å². The highest BCUT2D eigenvalue weighted by Crippen LogP contribution is 2.48. The molecule has 6 rings (SSSR count). The van der Waals surface area contributed by atoms with Crippen molar-refractivity contribution in [1.29, 1.82) is 0 Å². The Morgan fingerprint density at radius 2 is 1.79 bits per heavy atom. The molecule has 34 heavy (non-hydrogen) atoms. The van der Waals surface area contributed by atoms with E-state index >= 15 is 0 Å². The van der Waals surface area contributed by atoms with Crippen molar-refractivity contribution in [3.63, 3.8) is 0 Å². The third kappa shape index (κ3) is 3.45. The summed E-state index contributed by atoms with van der Waals surface area (Å²) >= 11 is 14.5. The number of carbonyl (C=O) groups excluding carboxylic acids is 1. The summed E-state index contributed by atoms with van der Waals surface area (Å²) < 4.78 is 1.51. The van der Waals surface area contributed by atoms with Gasteiger partial charge in [0.25, 0.3) is 5.56 Å². The molecule has 0 bridgehead atoms. The number of thiophene rings is 1. The fourth-order valence-corrected chi connectivity index (χ4v) is 6.37. The SMILES string of the molecule is O=C1C[C@H](c2cccs2)CC2=C1[C@@H](c1ccc(Cl)cc1Cl)c1c([nH]n(-c3ccccc3)c1=O)N2. The van der Waals surface area contributed by atoms with Crippen LogP contribution < -0.4 is 10.9 Å². The number of allylic oxidation sites excluding steroid dienone is 2. The van der Waals surface area contributed by atoms with Crippen molar-refractivity contribution in [2.24, 2.45) is 0 Å². The Balaban J connectivity index is 1.55. The minimum Gasteiger partial charge on any atom is -0.343 e. The van der Waals surface area contributed by atoms with Gasteiger partial charge in [-0.3, -0.25) is 14.7 Å². The molecule has 3 heterocycles. The highest BCUT2D eigenvalue weighted by atomic mass is 35.5. The first kappa shape index (κ1) is 21.5. The van der Waals surface area contributed by atoms with E-state index in [1.165, 1.54) is 9.56 Å². The highest BCUT2D eigenvalue weighted by molar-refractivity contribution is 7.10. The number of H-pyrrole nitrogens is 1. The number of fused-ring (bicyclic) bond motifs is 1. The second kappa shape index (κ2) is 8.31. The van der Waals surface area contributed by atoms with Crippen LogP contribution >= 0.6 is 34.5 Å². The maximum absolute atomic E-state index is 13.7. The number of hydrogen-bond acceptors (Lipinski definition) is 4. The predicted molar refractivity (Wildman–Crippen MR) is 137 cm³/mol. The summed E-state index contributed by atoms with van der Waals surface area (Å²) in [5, 5.41) is 9.59. The van der Waals surface area contributed by atoms with E-state index in [0.717, 1.165) is 5.70 Å². The van der Waals surface area contributed by atoms with Gasteiger partial charge in [0.05, 0.1) is 11.3 Å². The summed E-state index contributed by atoms with van der Waals surface area (Å²) in [6.45, 7) is 0. The van der Waals surface area contributed by atoms with E-state index in [4.69, 9.17) is 23.2 Å². The minimum atomic E-state index is -0.582. The van der Waals surface area contributed by atoms with E-state index in [9.17, 15) is 9.59 Å². The molecule has 4 aromatic rings. The normalized spacial score (nSPS) is 19.5. The fraction of sp³-hybridized carbons (Fsp3) is 0.154. The van der Waals surface area contributed by atoms with Crippen molar-refractivity contribution in [3.8, 4) is 5.69 Å². The Labute approximate surface area is 209 Å². The lowest BCUT2D eigenvalue weighted by Gasteiger charge is -2.34. The van der Waals surface area contributed by atoms with Crippen LogP contribution in [0.1, 0.15) is 40.7 Å². The van der Waals surface area contributed by atoms with Gasteiger partial charge in [0.1, 0.15) is 5.82 Å². The van der Waals surface area contributed by atoms with Crippen LogP contribution in [0.4, 0.5) is 5.82 Å². The molecule has 170 valence electrons. The van der Waals surface area contributed by atoms with Crippen LogP contribution in [0.5, 0.6) is 0 Å². The number of Topliss-reactive ketones (excluding diaryl/α,β-unsaturated/α-hetero) is 1. The second-order valence-electron chi connectivity index (χ2n) is 8.54. The highest BCUT2D eigenvalue weighted by Gasteiger charge is 2.42. The summed E-state index contributed by atoms with van der Waals surface area (Å²) in [7, 11) is 0. The van der Waals surface area contributed by atoms with Crippen LogP contribution in [-0.2, 0) is 4.79 Å². The van der Waals surface area contributed by atoms with Gasteiger partial charge in [0.2, 0.25) is 0 Å². The number of aromatic amines is 1. The van der Waals surface area contributed by atoms with E-state index in [2.05, 4.69) is 16.5 Å². The zero-order valence-corrected chi connectivity index (χ0v) is 20.2. The summed E-state index contributed by atoms with van der Waals surface area (Å²) in [6, 6.07) is 18.7. The number of rotatable bonds is 3. The third-order valence-electron chi connectivity index (χ3n) is 6.52. The average molecular weight is 508 g/mol. The number of halogens is 2. The van der Waals surface area contributed by atoms with Crippen LogP contribution in [0.2, 0.25) is 10.0 Å². The molecule has 8 heteroatoms. The number of para-hydroxylation sites is 1. The zero-order chi connectivity index (χ0) is 23.4. The third-order valence-corrected chi connectivity index (χ3v) is 8.12. The minimum absolute atomic E-state index is 0.0284. The molecule has 2 aromatic carbocycles. The first-order chi connectivity index (χ1) is 16.5. The smallest absolute Gasteiger partial charge is 0.277 e. The molecule has 2 atom stereocenters. The van der Waals surface area contributed by atoms with Crippen molar-refractivity contribution in [2.75, 3.05) is 5.32 Å². The first-order valence-electron chi connectivity index (χ1n) is 10.9. The first-order valence-corrected chi connectivity index (χ1v) is 12.6. The number of aromatic nitrogens is 2. The van der Waals surface area contributed by atoms with Gasteiger partial charge in [0.15, 0.2) is 5.78 Å². The number of nitrogens with zero attached hydrogens (tertiary/aromatic N) is 1. The zero-order valence-electron chi connectivity index (χ0n) is 17.8. The van der Waals surface area contributed by atoms with E-state index < -0.39 is 5.92 Å². The average Bonchev–Trinajstić information content (AvgIpc) is 3.47. The summed E-state index contributed by atoms with van der Waals surface area (Å²) in [6.07, 6.45) is 1.08. The largest absolute Gasteiger partial charge is 0.343 e. The standard InChI is InChI=1S/C26H19Cl2N3O2S/c27-15-8-9-17(18(28)13-15)22-23-19(11-14(12-20(23)32)21-7-4-10-34-21)29-25-24(22)26(33)31(30-25)16-5-2-1-3-6-16/h1-10,13-14,22,29-30H,11-12H2/t14-,22-/m1/s1. The Hall–Kier alpha value is -3.06. The van der Waals surface area contributed by atoms with E-state index in [1.54, 1.807) is 23.5 Å². The van der Waals surface area contributed by atoms with Crippen molar-refractivity contribution in [2.45, 2.75) is 24.7 Å². The van der Waals surface area contributed by atoms with Crippen LogP contribution in [0.3, 0.4) is 0 Å². The molecule has 0 amide bonds. The molecule has 2 aromatic heterocycles. The van der Waals surface area contributed by atoms with Crippen molar-refractivity contribution in [3.05, 3.63) is 114 Å². The molecule has 0 saturated heterocycles. The molecule has 0 radical (unpaired) electrons. The number of anilines is 1. The Bertz CT molecular complexity index is 1500. The van der Waals surface area contributed by atoms with Gasteiger partial charge in [-0.2, -0.15) is 0 Å². The topological polar surface area (TPSA) is 66.9 Å². The molecule has 2 N–H and O–H groups in total. The molecule has 5 nitrogen and oxygen atoms in total. The number of carbonyl (C=O) groups is 1. The summed E-state index contributed by atoms with van der Waals surface area (Å²) in [5.74, 6) is 0.134. The van der Waals surface area contributed by atoms with E-state index in [-0.39, 0.29) is 17.3 Å². The molecule has 0 fully saturated rings. The van der Waals surface area contributed by atoms with Gasteiger partial charge < -0.3 is 5.32 Å². The number of hydrogen-bond donors (Lipinski definition) is 2. The van der Waals surface area contributed by atoms with Gasteiger partial charge in [-0.05, 0) is 47.7 Å². The van der Waals surface area contributed by atoms with Gasteiger partial charge in [0, 0.05) is 44.4 Å². The number of nitrogens with one attached hydrogen (secondary N) is 2. The second-order valence-corrected chi connectivity index (χ2v) is 10.4. The molecular formula is C26H19Cl2N3O2S. The maximum atomic E-state index is 13.7. The molecule has 2 aliphatic rings. The Morgan fingerprint density at radius 3 is 2.53 bits per heavy atom. The Morgan fingerprint density at radius 1 is 0.971 bits per heavy atom. The molecule has 0 unspecified atom stereocenters. The molecule has 1 aliphatic heterocycles. The molecule has 0 spiro atoms. The van der Waals surface area contributed by atoms with Crippen molar-refractivity contribution < 1.29 is 4.79 Å². The lowest BCUT2D eigenvalue weighted by molar-refractivity contribution is -0.116. The van der Waals surface area contributed by atoms with Crippen LogP contribution in [0.25, 0.3) is 5.69 Å². The van der Waals surface area contributed by atoms with Crippen LogP contribution in [-0.4, -0.2) is 15.6 Å². The van der Waals surface area contributed by atoms with Crippen molar-refractivity contribution >= 4 is 46.1 Å². The quantitative estimate of drug-likeness (QED) is 0.332. The van der Waals surface area contributed by atoms with Crippen LogP contribution in [0.15, 0.2) is 82.1 Å².